The monoisotopic (exact) mass is 610 g/mol. The molecule has 1 aromatic heterocycles. The molecule has 0 radical (unpaired) electrons. The minimum absolute atomic E-state index is 0.117. The van der Waals surface area contributed by atoms with E-state index < -0.39 is 0 Å². The number of esters is 2. The summed E-state index contributed by atoms with van der Waals surface area (Å²) in [6.45, 7) is 0. The second-order valence-corrected chi connectivity index (χ2v) is 19.7. The fourth-order valence-corrected chi connectivity index (χ4v) is 23.8. The van der Waals surface area contributed by atoms with Crippen LogP contribution in [0.4, 0.5) is 0 Å². The molecule has 112 valence electrons. The minimum atomic E-state index is -0.117. The van der Waals surface area contributed by atoms with Gasteiger partial charge in [-0.2, -0.15) is 0 Å². The van der Waals surface area contributed by atoms with Crippen molar-refractivity contribution in [1.82, 2.24) is 0 Å². The molecule has 0 spiro atoms. The molecule has 0 aliphatic carbocycles. The molecular weight excluding hydrogens is 591 g/mol. The Morgan fingerprint density at radius 2 is 1.40 bits per heavy atom. The molecule has 20 heavy (non-hydrogen) atoms. The topological polar surface area (TPSA) is 52.6 Å². The third-order valence-electron chi connectivity index (χ3n) is 2.05. The predicted octanol–water partition coefficient (Wildman–Crippen LogP) is -1.88. The number of hydrogen-bond donors (Lipinski definition) is 0. The van der Waals surface area contributed by atoms with Crippen LogP contribution in [0.15, 0.2) is 0 Å². The zero-order valence-corrected chi connectivity index (χ0v) is 19.6. The van der Waals surface area contributed by atoms with Crippen LogP contribution in [-0.4, -0.2) is 101 Å². The number of methoxy groups -OCH3 is 2. The summed E-state index contributed by atoms with van der Waals surface area (Å²) in [5.41, 5.74) is 0. The predicted molar refractivity (Wildman–Crippen MR) is 83.0 cm³/mol. The molecule has 0 bridgehead atoms. The van der Waals surface area contributed by atoms with E-state index in [-0.39, 0.29) is 11.9 Å². The summed E-state index contributed by atoms with van der Waals surface area (Å²) < 4.78 is 14.1. The van der Waals surface area contributed by atoms with Crippen LogP contribution in [0.3, 0.4) is 0 Å². The van der Waals surface area contributed by atoms with E-state index in [9.17, 15) is 9.59 Å². The van der Waals surface area contributed by atoms with Gasteiger partial charge in [-0.25, -0.2) is 0 Å². The number of hydrogen-bond acceptors (Lipinski definition) is 4. The molecule has 0 N–H and O–H groups in total. The molecule has 1 heterocycles. The van der Waals surface area contributed by atoms with Crippen LogP contribution in [0.1, 0.15) is 12.8 Å². The van der Waals surface area contributed by atoms with Crippen molar-refractivity contribution >= 4 is 93.1 Å². The number of rotatable bonds is 8. The van der Waals surface area contributed by atoms with Crippen molar-refractivity contribution in [2.75, 3.05) is 14.2 Å². The van der Waals surface area contributed by atoms with Gasteiger partial charge < -0.3 is 0 Å². The molecule has 0 unspecified atom stereocenters. The molecule has 0 amide bonds. The average molecular weight is 605 g/mol. The van der Waals surface area contributed by atoms with E-state index >= 15 is 0 Å². The van der Waals surface area contributed by atoms with Gasteiger partial charge in [-0.05, 0) is 0 Å². The summed E-state index contributed by atoms with van der Waals surface area (Å²) in [4.78, 5) is 22.3. The van der Waals surface area contributed by atoms with Crippen LogP contribution in [-0.2, 0) is 19.1 Å². The normalized spacial score (nSPS) is 10.3. The Kier molecular flexibility index (Phi) is 10.4. The Balaban J connectivity index is 2.48. The van der Waals surface area contributed by atoms with E-state index in [1.807, 2.05) is 0 Å². The van der Waals surface area contributed by atoms with Gasteiger partial charge in [0.05, 0.1) is 0 Å². The molecule has 0 saturated heterocycles. The summed E-state index contributed by atoms with van der Waals surface area (Å²) in [5, 5.41) is 1.85. The standard InChI is InChI=1S/C11H14O4Se5/c1-14-7(12)3-5-17-9-10(20-11(16)19-9)18-6-4-8(13)15-2/h3-6H2,1-2H3. The van der Waals surface area contributed by atoms with Gasteiger partial charge in [0, 0.05) is 0 Å². The quantitative estimate of drug-likeness (QED) is 0.258. The Morgan fingerprint density at radius 1 is 1.00 bits per heavy atom. The van der Waals surface area contributed by atoms with Crippen LogP contribution >= 0.6 is 0 Å². The van der Waals surface area contributed by atoms with Gasteiger partial charge in [-0.3, -0.25) is 0 Å². The van der Waals surface area contributed by atoms with Gasteiger partial charge in [-0.1, -0.05) is 0 Å². The zero-order chi connectivity index (χ0) is 15.0. The van der Waals surface area contributed by atoms with E-state index in [0.717, 1.165) is 10.6 Å². The van der Waals surface area contributed by atoms with Crippen molar-refractivity contribution in [3.05, 3.63) is 1.81 Å². The van der Waals surface area contributed by atoms with Crippen LogP contribution in [0.2, 0.25) is 10.6 Å². The molecule has 0 saturated carbocycles. The molecule has 0 fully saturated rings. The second kappa shape index (κ2) is 10.8. The zero-order valence-electron chi connectivity index (χ0n) is 11.0. The maximum absolute atomic E-state index is 11.1. The van der Waals surface area contributed by atoms with Crippen LogP contribution in [0.5, 0.6) is 0 Å². The van der Waals surface area contributed by atoms with Crippen LogP contribution < -0.4 is 6.67 Å². The summed E-state index contributed by atoms with van der Waals surface area (Å²) in [6, 6.07) is 0. The molecule has 1 aromatic rings. The number of carbonyl (C=O) groups excluding carboxylic acids is 2. The number of ether oxygens (including phenoxy) is 2. The van der Waals surface area contributed by atoms with Gasteiger partial charge >= 0.3 is 152 Å². The summed E-state index contributed by atoms with van der Waals surface area (Å²) in [5.74, 6) is -0.234. The fourth-order valence-electron chi connectivity index (χ4n) is 1.09. The molecular formula is C11H14O4Se5. The van der Waals surface area contributed by atoms with Crippen molar-refractivity contribution in [1.29, 1.82) is 0 Å². The van der Waals surface area contributed by atoms with Gasteiger partial charge in [0.25, 0.3) is 0 Å². The van der Waals surface area contributed by atoms with Gasteiger partial charge in [0.15, 0.2) is 0 Å². The van der Waals surface area contributed by atoms with Gasteiger partial charge in [0.1, 0.15) is 0 Å². The Labute approximate surface area is 150 Å². The first-order valence-corrected chi connectivity index (χ1v) is 14.0. The first-order chi connectivity index (χ1) is 9.56. The Morgan fingerprint density at radius 3 is 1.75 bits per heavy atom. The van der Waals surface area contributed by atoms with Crippen molar-refractivity contribution in [2.45, 2.75) is 23.5 Å². The summed E-state index contributed by atoms with van der Waals surface area (Å²) in [7, 11) is 2.87. The van der Waals surface area contributed by atoms with E-state index in [1.165, 1.54) is 16.0 Å². The van der Waals surface area contributed by atoms with E-state index in [2.05, 4.69) is 25.0 Å². The Hall–Kier alpha value is 1.15. The van der Waals surface area contributed by atoms with Crippen LogP contribution in [0.25, 0.3) is 0 Å². The molecule has 1 rings (SSSR count). The number of carbonyl (C=O) groups is 2. The van der Waals surface area contributed by atoms with Crippen molar-refractivity contribution < 1.29 is 19.1 Å². The molecule has 0 aliphatic heterocycles. The molecule has 0 aromatic carbocycles. The maximum atomic E-state index is 11.1. The molecule has 0 aliphatic rings. The molecule has 4 nitrogen and oxygen atoms in total. The molecule has 0 atom stereocenters. The molecule has 9 heteroatoms. The van der Waals surface area contributed by atoms with E-state index in [1.54, 1.807) is 6.67 Å². The Bertz CT molecular complexity index is 465. The van der Waals surface area contributed by atoms with Gasteiger partial charge in [0.2, 0.25) is 0 Å². The fraction of sp³-hybridized carbons (Fsp3) is 0.545. The van der Waals surface area contributed by atoms with Crippen molar-refractivity contribution in [3.63, 3.8) is 0 Å². The van der Waals surface area contributed by atoms with Gasteiger partial charge in [-0.15, -0.1) is 0 Å². The summed E-state index contributed by atoms with van der Waals surface area (Å²) in [6.07, 6.45) is 1.04. The van der Waals surface area contributed by atoms with E-state index in [4.69, 9.17) is 0 Å². The second-order valence-electron chi connectivity index (χ2n) is 3.38. The first kappa shape index (κ1) is 19.2. The van der Waals surface area contributed by atoms with Crippen molar-refractivity contribution in [3.8, 4) is 0 Å². The average Bonchev–Trinajstić information content (AvgIpc) is 2.78. The third kappa shape index (κ3) is 7.42. The van der Waals surface area contributed by atoms with Crippen LogP contribution in [0, 0.1) is 1.81 Å². The third-order valence-corrected chi connectivity index (χ3v) is 18.7. The SMILES string of the molecule is COC(=O)CC[Se]c1[se]c(=[Se])[se]c1[Se]CCC(=O)OC. The van der Waals surface area contributed by atoms with Crippen molar-refractivity contribution in [2.24, 2.45) is 0 Å². The summed E-state index contributed by atoms with van der Waals surface area (Å²) >= 11 is 4.97. The first-order valence-electron chi connectivity index (χ1n) is 5.60. The van der Waals surface area contributed by atoms with E-state index in [0.29, 0.717) is 71.8 Å².